The second-order valence-electron chi connectivity index (χ2n) is 5.48. The summed E-state index contributed by atoms with van der Waals surface area (Å²) in [4.78, 5) is 29.9. The van der Waals surface area contributed by atoms with Crippen LogP contribution < -0.4 is 5.73 Å². The molecule has 1 atom stereocenters. The number of carboxylic acid groups (broad SMARTS) is 1. The molecule has 24 heavy (non-hydrogen) atoms. The molecule has 8 heteroatoms. The van der Waals surface area contributed by atoms with Gasteiger partial charge in [-0.25, -0.2) is 19.9 Å². The first-order valence-electron chi connectivity index (χ1n) is 7.87. The van der Waals surface area contributed by atoms with Crippen LogP contribution in [0.5, 0.6) is 0 Å². The van der Waals surface area contributed by atoms with Gasteiger partial charge in [-0.2, -0.15) is 0 Å². The molecule has 2 heterocycles. The average Bonchev–Trinajstić information content (AvgIpc) is 2.60. The number of aliphatic carboxylic acids is 1. The van der Waals surface area contributed by atoms with E-state index in [1.165, 1.54) is 0 Å². The van der Waals surface area contributed by atoms with E-state index in [0.717, 1.165) is 31.0 Å². The molecule has 0 aliphatic rings. The van der Waals surface area contributed by atoms with Gasteiger partial charge in [-0.05, 0) is 31.5 Å². The highest BCUT2D eigenvalue weighted by molar-refractivity contribution is 5.72. The zero-order valence-corrected chi connectivity index (χ0v) is 13.5. The van der Waals surface area contributed by atoms with Crippen LogP contribution in [0, 0.1) is 0 Å². The van der Waals surface area contributed by atoms with E-state index in [1.54, 1.807) is 36.9 Å². The van der Waals surface area contributed by atoms with Gasteiger partial charge in [-0.1, -0.05) is 6.42 Å². The topological polar surface area (TPSA) is 118 Å². The largest absolute Gasteiger partial charge is 0.480 e. The van der Waals surface area contributed by atoms with Gasteiger partial charge in [0.05, 0.1) is 13.1 Å². The fraction of sp³-hybridized carbons (Fsp3) is 0.438. The summed E-state index contributed by atoms with van der Waals surface area (Å²) in [6, 6.07) is 2.76. The van der Waals surface area contributed by atoms with Crippen molar-refractivity contribution >= 4 is 5.97 Å². The van der Waals surface area contributed by atoms with Gasteiger partial charge < -0.3 is 10.8 Å². The number of unbranched alkanes of at least 4 members (excludes halogenated alkanes) is 1. The van der Waals surface area contributed by atoms with Crippen molar-refractivity contribution in [3.63, 3.8) is 0 Å². The van der Waals surface area contributed by atoms with Crippen molar-refractivity contribution < 1.29 is 9.90 Å². The Morgan fingerprint density at radius 1 is 1.00 bits per heavy atom. The van der Waals surface area contributed by atoms with Crippen LogP contribution in [0.3, 0.4) is 0 Å². The molecule has 2 rings (SSSR count). The Balaban J connectivity index is 1.88. The summed E-state index contributed by atoms with van der Waals surface area (Å²) in [5.74, 6) is 0.508. The predicted molar refractivity (Wildman–Crippen MR) is 87.6 cm³/mol. The molecule has 3 N–H and O–H groups in total. The van der Waals surface area contributed by atoms with Gasteiger partial charge in [0, 0.05) is 24.8 Å². The summed E-state index contributed by atoms with van der Waals surface area (Å²) in [5, 5.41) is 8.81. The molecular formula is C16H22N6O2. The Hall–Kier alpha value is -2.45. The van der Waals surface area contributed by atoms with Crippen molar-refractivity contribution in [3.05, 3.63) is 48.6 Å². The Bertz CT molecular complexity index is 569. The fourth-order valence-corrected chi connectivity index (χ4v) is 2.26. The monoisotopic (exact) mass is 330 g/mol. The van der Waals surface area contributed by atoms with Gasteiger partial charge in [-0.3, -0.25) is 9.69 Å². The standard InChI is InChI=1S/C16H22N6O2/c17-13(16(23)24)5-1-2-10-22(11-14-18-6-3-7-19-14)12-15-20-8-4-9-21-15/h3-4,6-9,13H,1-2,5,10-12,17H2,(H,23,24)/t13-/m0/s1. The highest BCUT2D eigenvalue weighted by Gasteiger charge is 2.13. The molecule has 2 aromatic rings. The smallest absolute Gasteiger partial charge is 0.320 e. The zero-order valence-electron chi connectivity index (χ0n) is 13.5. The maximum absolute atomic E-state index is 10.7. The summed E-state index contributed by atoms with van der Waals surface area (Å²) < 4.78 is 0. The molecule has 2 aromatic heterocycles. The molecule has 0 unspecified atom stereocenters. The van der Waals surface area contributed by atoms with Gasteiger partial charge >= 0.3 is 5.97 Å². The Labute approximate surface area is 140 Å². The third kappa shape index (κ3) is 6.35. The van der Waals surface area contributed by atoms with Crippen LogP contribution in [0.2, 0.25) is 0 Å². The van der Waals surface area contributed by atoms with Crippen molar-refractivity contribution in [1.82, 2.24) is 24.8 Å². The maximum Gasteiger partial charge on any atom is 0.320 e. The third-order valence-corrected chi connectivity index (χ3v) is 3.53. The van der Waals surface area contributed by atoms with E-state index in [4.69, 9.17) is 10.8 Å². The number of nitrogens with zero attached hydrogens (tertiary/aromatic N) is 5. The van der Waals surface area contributed by atoms with Gasteiger partial charge in [0.2, 0.25) is 0 Å². The number of aromatic nitrogens is 4. The first-order chi connectivity index (χ1) is 11.6. The van der Waals surface area contributed by atoms with Gasteiger partial charge in [-0.15, -0.1) is 0 Å². The van der Waals surface area contributed by atoms with Crippen LogP contribution in [0.1, 0.15) is 30.9 Å². The van der Waals surface area contributed by atoms with Gasteiger partial charge in [0.1, 0.15) is 17.7 Å². The lowest BCUT2D eigenvalue weighted by Crippen LogP contribution is -2.30. The van der Waals surface area contributed by atoms with Crippen LogP contribution in [0.4, 0.5) is 0 Å². The quantitative estimate of drug-likeness (QED) is 0.616. The van der Waals surface area contributed by atoms with Crippen LogP contribution in [0.15, 0.2) is 36.9 Å². The van der Waals surface area contributed by atoms with Crippen LogP contribution >= 0.6 is 0 Å². The first-order valence-corrected chi connectivity index (χ1v) is 7.87. The van der Waals surface area contributed by atoms with Crippen molar-refractivity contribution in [2.24, 2.45) is 5.73 Å². The van der Waals surface area contributed by atoms with Crippen LogP contribution in [-0.4, -0.2) is 48.5 Å². The average molecular weight is 330 g/mol. The van der Waals surface area contributed by atoms with E-state index in [0.29, 0.717) is 19.5 Å². The highest BCUT2D eigenvalue weighted by atomic mass is 16.4. The van der Waals surface area contributed by atoms with Crippen LogP contribution in [0.25, 0.3) is 0 Å². The summed E-state index contributed by atoms with van der Waals surface area (Å²) in [6.45, 7) is 1.94. The minimum absolute atomic E-state index is 0.465. The van der Waals surface area contributed by atoms with Crippen LogP contribution in [-0.2, 0) is 17.9 Å². The summed E-state index contributed by atoms with van der Waals surface area (Å²) in [6.07, 6.45) is 8.90. The van der Waals surface area contributed by atoms with Crippen molar-refractivity contribution in [2.45, 2.75) is 38.4 Å². The van der Waals surface area contributed by atoms with E-state index in [2.05, 4.69) is 24.8 Å². The summed E-state index contributed by atoms with van der Waals surface area (Å²) in [7, 11) is 0. The lowest BCUT2D eigenvalue weighted by molar-refractivity contribution is -0.138. The van der Waals surface area contributed by atoms with E-state index in [9.17, 15) is 4.79 Å². The molecule has 0 spiro atoms. The minimum atomic E-state index is -0.956. The molecule has 0 aliphatic carbocycles. The molecule has 0 saturated heterocycles. The molecule has 0 fully saturated rings. The second kappa shape index (κ2) is 9.64. The Morgan fingerprint density at radius 2 is 1.50 bits per heavy atom. The van der Waals surface area contributed by atoms with Crippen molar-refractivity contribution in [2.75, 3.05) is 6.54 Å². The van der Waals surface area contributed by atoms with E-state index in [-0.39, 0.29) is 0 Å². The summed E-state index contributed by atoms with van der Waals surface area (Å²) >= 11 is 0. The number of hydrogen-bond donors (Lipinski definition) is 2. The Morgan fingerprint density at radius 3 is 1.96 bits per heavy atom. The lowest BCUT2D eigenvalue weighted by atomic mass is 10.1. The third-order valence-electron chi connectivity index (χ3n) is 3.53. The normalized spacial score (nSPS) is 12.2. The number of carboxylic acids is 1. The zero-order chi connectivity index (χ0) is 17.2. The predicted octanol–water partition coefficient (Wildman–Crippen LogP) is 0.851. The van der Waals surface area contributed by atoms with Gasteiger partial charge in [0.25, 0.3) is 0 Å². The van der Waals surface area contributed by atoms with Crippen molar-refractivity contribution in [3.8, 4) is 0 Å². The molecule has 0 aliphatic heterocycles. The fourth-order valence-electron chi connectivity index (χ4n) is 2.26. The van der Waals surface area contributed by atoms with E-state index in [1.807, 2.05) is 0 Å². The van der Waals surface area contributed by atoms with Crippen molar-refractivity contribution in [1.29, 1.82) is 0 Å². The molecule has 0 bridgehead atoms. The first kappa shape index (κ1) is 17.9. The molecule has 0 saturated carbocycles. The second-order valence-corrected chi connectivity index (χ2v) is 5.48. The molecular weight excluding hydrogens is 308 g/mol. The molecule has 0 amide bonds. The SMILES string of the molecule is N[C@@H](CCCCN(Cc1ncccn1)Cc1ncccn1)C(=O)O. The number of hydrogen-bond acceptors (Lipinski definition) is 7. The minimum Gasteiger partial charge on any atom is -0.480 e. The highest BCUT2D eigenvalue weighted by Crippen LogP contribution is 2.07. The van der Waals surface area contributed by atoms with E-state index < -0.39 is 12.0 Å². The number of rotatable bonds is 10. The van der Waals surface area contributed by atoms with Gasteiger partial charge in [0.15, 0.2) is 0 Å². The number of carbonyl (C=O) groups is 1. The summed E-state index contributed by atoms with van der Waals surface area (Å²) in [5.41, 5.74) is 5.53. The lowest BCUT2D eigenvalue weighted by Gasteiger charge is -2.20. The van der Waals surface area contributed by atoms with E-state index >= 15 is 0 Å². The molecule has 8 nitrogen and oxygen atoms in total. The molecule has 0 aromatic carbocycles. The maximum atomic E-state index is 10.7. The molecule has 128 valence electrons. The molecule has 0 radical (unpaired) electrons. The Kier molecular flexibility index (Phi) is 7.19. The number of nitrogens with two attached hydrogens (primary N) is 1.